The summed E-state index contributed by atoms with van der Waals surface area (Å²) in [7, 11) is 0. The SMILES string of the molecule is CCCCCCCCCC[C@@H](O)CN1CCN(C[C@@H](O)CCCCCCCCCC)CCN(C[C@@H](O)CCCCCCCCCC)CC1. The summed E-state index contributed by atoms with van der Waals surface area (Å²) >= 11 is 0. The number of rotatable bonds is 33. The second kappa shape index (κ2) is 33.9. The van der Waals surface area contributed by atoms with Crippen molar-refractivity contribution in [3.05, 3.63) is 0 Å². The van der Waals surface area contributed by atoms with Crippen molar-refractivity contribution in [2.75, 3.05) is 58.9 Å². The molecule has 6 nitrogen and oxygen atoms in total. The van der Waals surface area contributed by atoms with E-state index < -0.39 is 0 Å². The fourth-order valence-corrected chi connectivity index (χ4v) is 7.44. The van der Waals surface area contributed by atoms with Crippen LogP contribution in [0, 0.1) is 0 Å². The summed E-state index contributed by atoms with van der Waals surface area (Å²) in [5, 5.41) is 32.9. The molecule has 1 aliphatic heterocycles. The van der Waals surface area contributed by atoms with Crippen molar-refractivity contribution in [3.8, 4) is 0 Å². The predicted octanol–water partition coefficient (Wildman–Crippen LogP) is 9.58. The molecule has 0 aromatic rings. The molecule has 0 saturated carbocycles. The van der Waals surface area contributed by atoms with Gasteiger partial charge in [0.2, 0.25) is 0 Å². The van der Waals surface area contributed by atoms with E-state index in [1.54, 1.807) is 0 Å². The Kier molecular flexibility index (Phi) is 32.3. The Morgan fingerprint density at radius 2 is 0.500 bits per heavy atom. The topological polar surface area (TPSA) is 70.4 Å². The Labute approximate surface area is 300 Å². The summed E-state index contributed by atoms with van der Waals surface area (Å²) in [5.41, 5.74) is 0. The third-order valence-electron chi connectivity index (χ3n) is 10.8. The molecule has 0 radical (unpaired) electrons. The number of hydrogen-bond acceptors (Lipinski definition) is 6. The van der Waals surface area contributed by atoms with E-state index in [0.29, 0.717) is 0 Å². The molecule has 1 aliphatic rings. The Hall–Kier alpha value is -0.240. The van der Waals surface area contributed by atoms with Crippen molar-refractivity contribution in [2.24, 2.45) is 0 Å². The van der Waals surface area contributed by atoms with Crippen molar-refractivity contribution in [3.63, 3.8) is 0 Å². The molecule has 0 aliphatic carbocycles. The molecule has 0 spiro atoms. The Morgan fingerprint density at radius 1 is 0.312 bits per heavy atom. The normalized spacial score (nSPS) is 17.6. The fraction of sp³-hybridized carbons (Fsp3) is 1.00. The summed E-state index contributed by atoms with van der Waals surface area (Å²) in [5.74, 6) is 0. The highest BCUT2D eigenvalue weighted by Crippen LogP contribution is 2.15. The van der Waals surface area contributed by atoms with Gasteiger partial charge in [0.1, 0.15) is 0 Å². The van der Waals surface area contributed by atoms with Gasteiger partial charge >= 0.3 is 0 Å². The monoisotopic (exact) mass is 682 g/mol. The quantitative estimate of drug-likeness (QED) is 0.0600. The van der Waals surface area contributed by atoms with Crippen molar-refractivity contribution < 1.29 is 15.3 Å². The van der Waals surface area contributed by atoms with Gasteiger partial charge in [0.15, 0.2) is 0 Å². The molecule has 48 heavy (non-hydrogen) atoms. The third kappa shape index (κ3) is 28.5. The summed E-state index contributed by atoms with van der Waals surface area (Å²) in [6.45, 7) is 14.7. The van der Waals surface area contributed by atoms with E-state index in [9.17, 15) is 15.3 Å². The van der Waals surface area contributed by atoms with Crippen LogP contribution in [-0.4, -0.2) is 107 Å². The first kappa shape index (κ1) is 45.8. The highest BCUT2D eigenvalue weighted by molar-refractivity contribution is 4.77. The maximum absolute atomic E-state index is 11.0. The molecule has 3 atom stereocenters. The molecular formula is C42H87N3O3. The molecule has 0 bridgehead atoms. The molecule has 6 heteroatoms. The van der Waals surface area contributed by atoms with Gasteiger partial charge in [-0.25, -0.2) is 0 Å². The molecular weight excluding hydrogens is 594 g/mol. The number of β-amino-alcohol motifs (C(OH)–C–C–N with tert-alkyl or cyclic N) is 3. The molecule has 1 fully saturated rings. The Bertz CT molecular complexity index is 556. The predicted molar refractivity (Wildman–Crippen MR) is 209 cm³/mol. The van der Waals surface area contributed by atoms with Crippen LogP contribution in [0.25, 0.3) is 0 Å². The molecule has 1 heterocycles. The molecule has 1 saturated heterocycles. The molecule has 0 aromatic carbocycles. The largest absolute Gasteiger partial charge is 0.392 e. The zero-order chi connectivity index (χ0) is 34.9. The van der Waals surface area contributed by atoms with Crippen molar-refractivity contribution in [1.29, 1.82) is 0 Å². The maximum Gasteiger partial charge on any atom is 0.0667 e. The minimum atomic E-state index is -0.270. The van der Waals surface area contributed by atoms with Gasteiger partial charge in [-0.05, 0) is 19.3 Å². The van der Waals surface area contributed by atoms with Gasteiger partial charge in [0.25, 0.3) is 0 Å². The second-order valence-electron chi connectivity index (χ2n) is 15.7. The summed E-state index contributed by atoms with van der Waals surface area (Å²) in [6.07, 6.45) is 33.0. The third-order valence-corrected chi connectivity index (χ3v) is 10.8. The molecule has 1 rings (SSSR count). The van der Waals surface area contributed by atoms with Gasteiger partial charge in [-0.3, -0.25) is 14.7 Å². The van der Waals surface area contributed by atoms with E-state index in [1.165, 1.54) is 135 Å². The van der Waals surface area contributed by atoms with E-state index in [4.69, 9.17) is 0 Å². The zero-order valence-electron chi connectivity index (χ0n) is 32.9. The molecule has 288 valence electrons. The van der Waals surface area contributed by atoms with Crippen LogP contribution in [0.15, 0.2) is 0 Å². The van der Waals surface area contributed by atoms with Gasteiger partial charge < -0.3 is 15.3 Å². The maximum atomic E-state index is 11.0. The Morgan fingerprint density at radius 3 is 0.708 bits per heavy atom. The minimum Gasteiger partial charge on any atom is -0.392 e. The lowest BCUT2D eigenvalue weighted by Gasteiger charge is -2.28. The van der Waals surface area contributed by atoms with Crippen molar-refractivity contribution in [1.82, 2.24) is 14.7 Å². The summed E-state index contributed by atoms with van der Waals surface area (Å²) in [4.78, 5) is 7.36. The molecule has 3 N–H and O–H groups in total. The number of aliphatic hydroxyl groups is 3. The van der Waals surface area contributed by atoms with Crippen LogP contribution in [0.2, 0.25) is 0 Å². The van der Waals surface area contributed by atoms with E-state index in [0.717, 1.165) is 97.4 Å². The van der Waals surface area contributed by atoms with Gasteiger partial charge in [-0.15, -0.1) is 0 Å². The summed E-state index contributed by atoms with van der Waals surface area (Å²) < 4.78 is 0. The summed E-state index contributed by atoms with van der Waals surface area (Å²) in [6, 6.07) is 0. The first-order valence-corrected chi connectivity index (χ1v) is 21.7. The van der Waals surface area contributed by atoms with E-state index in [-0.39, 0.29) is 18.3 Å². The van der Waals surface area contributed by atoms with E-state index in [2.05, 4.69) is 35.5 Å². The van der Waals surface area contributed by atoms with Crippen LogP contribution in [0.3, 0.4) is 0 Å². The van der Waals surface area contributed by atoms with Crippen LogP contribution in [0.4, 0.5) is 0 Å². The van der Waals surface area contributed by atoms with Crippen molar-refractivity contribution in [2.45, 2.75) is 212 Å². The lowest BCUT2D eigenvalue weighted by atomic mass is 10.1. The van der Waals surface area contributed by atoms with Gasteiger partial charge in [-0.2, -0.15) is 0 Å². The average Bonchev–Trinajstić information content (AvgIpc) is 3.16. The van der Waals surface area contributed by atoms with Crippen LogP contribution in [0.5, 0.6) is 0 Å². The van der Waals surface area contributed by atoms with Crippen molar-refractivity contribution >= 4 is 0 Å². The average molecular weight is 682 g/mol. The molecule has 0 unspecified atom stereocenters. The smallest absolute Gasteiger partial charge is 0.0667 e. The number of unbranched alkanes of at least 4 members (excludes halogenated alkanes) is 21. The number of hydrogen-bond donors (Lipinski definition) is 3. The van der Waals surface area contributed by atoms with E-state index in [1.807, 2.05) is 0 Å². The number of nitrogens with zero attached hydrogens (tertiary/aromatic N) is 3. The van der Waals surface area contributed by atoms with Gasteiger partial charge in [0.05, 0.1) is 18.3 Å². The lowest BCUT2D eigenvalue weighted by molar-refractivity contribution is 0.0822. The van der Waals surface area contributed by atoms with E-state index >= 15 is 0 Å². The van der Waals surface area contributed by atoms with Crippen LogP contribution < -0.4 is 0 Å². The second-order valence-corrected chi connectivity index (χ2v) is 15.7. The first-order valence-electron chi connectivity index (χ1n) is 21.7. The van der Waals surface area contributed by atoms with Crippen LogP contribution in [-0.2, 0) is 0 Å². The standard InChI is InChI=1S/C42H87N3O3/c1-4-7-10-13-16-19-22-25-28-40(46)37-43-31-33-44(38-41(47)29-26-23-20-17-14-11-8-5-2)35-36-45(34-32-43)39-42(48)30-27-24-21-18-15-12-9-6-3/h40-42,46-48H,4-39H2,1-3H3/t40-,41-,42+/m0/s1. The first-order chi connectivity index (χ1) is 23.5. The fourth-order valence-electron chi connectivity index (χ4n) is 7.44. The lowest BCUT2D eigenvalue weighted by Crippen LogP contribution is -2.41. The molecule has 0 aromatic heterocycles. The Balaban J connectivity index is 2.54. The van der Waals surface area contributed by atoms with Crippen LogP contribution >= 0.6 is 0 Å². The van der Waals surface area contributed by atoms with Crippen LogP contribution in [0.1, 0.15) is 194 Å². The highest BCUT2D eigenvalue weighted by atomic mass is 16.3. The molecule has 0 amide bonds. The van der Waals surface area contributed by atoms with Gasteiger partial charge in [0, 0.05) is 58.9 Å². The minimum absolute atomic E-state index is 0.270. The zero-order valence-corrected chi connectivity index (χ0v) is 32.9. The highest BCUT2D eigenvalue weighted by Gasteiger charge is 2.21. The number of aliphatic hydroxyl groups excluding tert-OH is 3. The van der Waals surface area contributed by atoms with Gasteiger partial charge in [-0.1, -0.05) is 175 Å².